The van der Waals surface area contributed by atoms with E-state index in [0.29, 0.717) is 0 Å². The highest BCUT2D eigenvalue weighted by atomic mass is 14.4. The van der Waals surface area contributed by atoms with Gasteiger partial charge < -0.3 is 0 Å². The Morgan fingerprint density at radius 1 is 0.850 bits per heavy atom. The topological polar surface area (TPSA) is 23.8 Å². The highest BCUT2D eigenvalue weighted by Gasteiger charge is 2.39. The molecule has 0 aliphatic carbocycles. The summed E-state index contributed by atoms with van der Waals surface area (Å²) in [5.74, 6) is -0.155. The molecule has 1 heteroatoms. The summed E-state index contributed by atoms with van der Waals surface area (Å²) < 4.78 is 0. The van der Waals surface area contributed by atoms with Crippen molar-refractivity contribution in [1.82, 2.24) is 0 Å². The summed E-state index contributed by atoms with van der Waals surface area (Å²) in [4.78, 5) is 0. The molecule has 0 saturated carbocycles. The predicted octanol–water partition coefficient (Wildman–Crippen LogP) is 4.48. The van der Waals surface area contributed by atoms with Crippen molar-refractivity contribution in [3.63, 3.8) is 0 Å². The molecular formula is C19H17N. The molecule has 0 amide bonds. The standard InChI is InChI=1S/C19H17N/c1-3-16(4-2)19(15-20,17-11-7-5-8-12-17)18-13-9-6-10-14-18/h3-14,16H,1-2H2. The smallest absolute Gasteiger partial charge is 0.117 e. The van der Waals surface area contributed by atoms with Crippen LogP contribution in [0.2, 0.25) is 0 Å². The Bertz CT molecular complexity index is 572. The van der Waals surface area contributed by atoms with E-state index in [4.69, 9.17) is 0 Å². The normalized spacial score (nSPS) is 10.8. The van der Waals surface area contributed by atoms with Crippen LogP contribution in [0.4, 0.5) is 0 Å². The van der Waals surface area contributed by atoms with Gasteiger partial charge in [0, 0.05) is 5.92 Å². The molecule has 0 spiro atoms. The van der Waals surface area contributed by atoms with Gasteiger partial charge >= 0.3 is 0 Å². The minimum atomic E-state index is -0.786. The number of rotatable bonds is 5. The molecule has 0 heterocycles. The van der Waals surface area contributed by atoms with Crippen LogP contribution in [-0.4, -0.2) is 0 Å². The second kappa shape index (κ2) is 6.04. The quantitative estimate of drug-likeness (QED) is 0.726. The van der Waals surface area contributed by atoms with Gasteiger partial charge in [-0.1, -0.05) is 72.8 Å². The molecule has 2 aromatic rings. The second-order valence-corrected chi connectivity index (χ2v) is 4.65. The summed E-state index contributed by atoms with van der Waals surface area (Å²) >= 11 is 0. The lowest BCUT2D eigenvalue weighted by Crippen LogP contribution is -2.33. The molecule has 0 aromatic heterocycles. The summed E-state index contributed by atoms with van der Waals surface area (Å²) in [6.07, 6.45) is 3.58. The predicted molar refractivity (Wildman–Crippen MR) is 83.2 cm³/mol. The minimum Gasteiger partial charge on any atom is -0.197 e. The summed E-state index contributed by atoms with van der Waals surface area (Å²) in [7, 11) is 0. The van der Waals surface area contributed by atoms with Crippen molar-refractivity contribution in [2.75, 3.05) is 0 Å². The summed E-state index contributed by atoms with van der Waals surface area (Å²) in [6, 6.07) is 22.1. The highest BCUT2D eigenvalue weighted by molar-refractivity contribution is 5.49. The van der Waals surface area contributed by atoms with Crippen LogP contribution in [0.3, 0.4) is 0 Å². The van der Waals surface area contributed by atoms with Crippen molar-refractivity contribution in [2.45, 2.75) is 5.41 Å². The van der Waals surface area contributed by atoms with Gasteiger partial charge in [0.1, 0.15) is 5.41 Å². The lowest BCUT2D eigenvalue weighted by atomic mass is 9.67. The molecule has 2 rings (SSSR count). The summed E-state index contributed by atoms with van der Waals surface area (Å²) in [5, 5.41) is 9.97. The van der Waals surface area contributed by atoms with Crippen molar-refractivity contribution in [2.24, 2.45) is 5.92 Å². The zero-order chi connectivity index (χ0) is 14.4. The van der Waals surface area contributed by atoms with Gasteiger partial charge in [0.25, 0.3) is 0 Å². The first kappa shape index (κ1) is 13.8. The SMILES string of the molecule is C=CC(C=C)C(C#N)(c1ccccc1)c1ccccc1. The maximum absolute atomic E-state index is 9.97. The maximum Gasteiger partial charge on any atom is 0.117 e. The lowest BCUT2D eigenvalue weighted by Gasteiger charge is -2.32. The van der Waals surface area contributed by atoms with Gasteiger partial charge in [0.2, 0.25) is 0 Å². The maximum atomic E-state index is 9.97. The van der Waals surface area contributed by atoms with E-state index in [-0.39, 0.29) is 5.92 Å². The number of benzene rings is 2. The second-order valence-electron chi connectivity index (χ2n) is 4.65. The fourth-order valence-corrected chi connectivity index (χ4v) is 2.61. The lowest BCUT2D eigenvalue weighted by molar-refractivity contribution is 0.559. The van der Waals surface area contributed by atoms with Crippen molar-refractivity contribution >= 4 is 0 Å². The van der Waals surface area contributed by atoms with E-state index >= 15 is 0 Å². The monoisotopic (exact) mass is 259 g/mol. The van der Waals surface area contributed by atoms with E-state index in [1.54, 1.807) is 12.2 Å². The first-order valence-corrected chi connectivity index (χ1v) is 6.57. The van der Waals surface area contributed by atoms with E-state index in [2.05, 4.69) is 19.2 Å². The van der Waals surface area contributed by atoms with Crippen molar-refractivity contribution in [1.29, 1.82) is 5.26 Å². The van der Waals surface area contributed by atoms with Crippen LogP contribution in [0.25, 0.3) is 0 Å². The molecule has 1 nitrogen and oxygen atoms in total. The highest BCUT2D eigenvalue weighted by Crippen LogP contribution is 2.40. The minimum absolute atomic E-state index is 0.155. The van der Waals surface area contributed by atoms with Gasteiger partial charge in [-0.25, -0.2) is 0 Å². The third-order valence-corrected chi connectivity index (χ3v) is 3.64. The first-order valence-electron chi connectivity index (χ1n) is 6.57. The van der Waals surface area contributed by atoms with Crippen LogP contribution in [0.15, 0.2) is 86.0 Å². The number of hydrogen-bond acceptors (Lipinski definition) is 1. The number of allylic oxidation sites excluding steroid dienone is 2. The zero-order valence-corrected chi connectivity index (χ0v) is 11.4. The Hall–Kier alpha value is -2.59. The van der Waals surface area contributed by atoms with E-state index < -0.39 is 5.41 Å². The molecule has 0 atom stereocenters. The molecule has 0 fully saturated rings. The third-order valence-electron chi connectivity index (χ3n) is 3.64. The molecule has 2 aromatic carbocycles. The average molecular weight is 259 g/mol. The van der Waals surface area contributed by atoms with Crippen LogP contribution in [0, 0.1) is 17.2 Å². The zero-order valence-electron chi connectivity index (χ0n) is 11.4. The fourth-order valence-electron chi connectivity index (χ4n) is 2.61. The molecule has 0 aliphatic rings. The Morgan fingerprint density at radius 3 is 1.55 bits per heavy atom. The van der Waals surface area contributed by atoms with Crippen LogP contribution >= 0.6 is 0 Å². The number of nitrogens with zero attached hydrogens (tertiary/aromatic N) is 1. The van der Waals surface area contributed by atoms with Gasteiger partial charge in [-0.3, -0.25) is 0 Å². The molecular weight excluding hydrogens is 242 g/mol. The average Bonchev–Trinajstić information content (AvgIpc) is 2.54. The molecule has 0 N–H and O–H groups in total. The van der Waals surface area contributed by atoms with E-state index in [9.17, 15) is 5.26 Å². The van der Waals surface area contributed by atoms with Gasteiger partial charge in [-0.15, -0.1) is 13.2 Å². The summed E-state index contributed by atoms with van der Waals surface area (Å²) in [5.41, 5.74) is 1.13. The van der Waals surface area contributed by atoms with Crippen LogP contribution < -0.4 is 0 Å². The summed E-state index contributed by atoms with van der Waals surface area (Å²) in [6.45, 7) is 7.75. The molecule has 98 valence electrons. The van der Waals surface area contributed by atoms with E-state index in [1.807, 2.05) is 60.7 Å². The molecule has 0 aliphatic heterocycles. The number of hydrogen-bond donors (Lipinski definition) is 0. The van der Waals surface area contributed by atoms with Gasteiger partial charge in [-0.05, 0) is 11.1 Å². The first-order chi connectivity index (χ1) is 9.79. The Morgan fingerprint density at radius 2 is 1.25 bits per heavy atom. The van der Waals surface area contributed by atoms with Crippen molar-refractivity contribution in [3.05, 3.63) is 97.1 Å². The van der Waals surface area contributed by atoms with E-state index in [0.717, 1.165) is 11.1 Å². The van der Waals surface area contributed by atoms with Gasteiger partial charge in [0.05, 0.1) is 6.07 Å². The molecule has 0 saturated heterocycles. The third kappa shape index (κ3) is 2.17. The fraction of sp³-hybridized carbons (Fsp3) is 0.105. The Labute approximate surface area is 120 Å². The van der Waals surface area contributed by atoms with Crippen LogP contribution in [0.1, 0.15) is 11.1 Å². The molecule has 0 unspecified atom stereocenters. The van der Waals surface area contributed by atoms with Gasteiger partial charge in [0.15, 0.2) is 0 Å². The number of nitriles is 1. The Kier molecular flexibility index (Phi) is 4.17. The van der Waals surface area contributed by atoms with Crippen molar-refractivity contribution < 1.29 is 0 Å². The van der Waals surface area contributed by atoms with Crippen LogP contribution in [0.5, 0.6) is 0 Å². The Balaban J connectivity index is 2.75. The molecule has 0 radical (unpaired) electrons. The van der Waals surface area contributed by atoms with Crippen LogP contribution in [-0.2, 0) is 5.41 Å². The van der Waals surface area contributed by atoms with Crippen molar-refractivity contribution in [3.8, 4) is 6.07 Å². The molecule has 20 heavy (non-hydrogen) atoms. The largest absolute Gasteiger partial charge is 0.197 e. The van der Waals surface area contributed by atoms with Gasteiger partial charge in [-0.2, -0.15) is 5.26 Å². The molecule has 0 bridgehead atoms. The van der Waals surface area contributed by atoms with E-state index in [1.165, 1.54) is 0 Å².